The Labute approximate surface area is 128 Å². The number of ether oxygens (including phenoxy) is 1. The molecule has 2 rings (SSSR count). The van der Waals surface area contributed by atoms with E-state index in [1.807, 2.05) is 12.1 Å². The molecule has 0 bridgehead atoms. The fourth-order valence-corrected chi connectivity index (χ4v) is 2.21. The Balaban J connectivity index is 2.09. The highest BCUT2D eigenvalue weighted by atomic mass is 16.6. The number of amides is 1. The Morgan fingerprint density at radius 2 is 2.05 bits per heavy atom. The molecule has 1 aromatic carbocycles. The van der Waals surface area contributed by atoms with Crippen molar-refractivity contribution in [2.24, 2.45) is 0 Å². The van der Waals surface area contributed by atoms with Gasteiger partial charge >= 0.3 is 5.69 Å². The van der Waals surface area contributed by atoms with Gasteiger partial charge in [0.2, 0.25) is 0 Å². The molecule has 1 saturated heterocycles. The summed E-state index contributed by atoms with van der Waals surface area (Å²) in [6.07, 6.45) is 0. The summed E-state index contributed by atoms with van der Waals surface area (Å²) in [7, 11) is 2.02. The molecule has 0 radical (unpaired) electrons. The number of piperazine rings is 1. The van der Waals surface area contributed by atoms with E-state index in [1.54, 1.807) is 6.92 Å². The average Bonchev–Trinajstić information content (AvgIpc) is 2.50. The van der Waals surface area contributed by atoms with Gasteiger partial charge in [-0.25, -0.2) is 5.01 Å². The molecule has 1 N–H and O–H groups in total. The highest BCUT2D eigenvalue weighted by Gasteiger charge is 2.21. The first-order valence-corrected chi connectivity index (χ1v) is 7.17. The minimum Gasteiger partial charge on any atom is -0.487 e. The van der Waals surface area contributed by atoms with Gasteiger partial charge in [0, 0.05) is 37.8 Å². The normalized spacial score (nSPS) is 16.3. The molecule has 22 heavy (non-hydrogen) atoms. The lowest BCUT2D eigenvalue weighted by Gasteiger charge is -2.32. The van der Waals surface area contributed by atoms with Gasteiger partial charge in [-0.3, -0.25) is 20.3 Å². The van der Waals surface area contributed by atoms with E-state index < -0.39 is 4.92 Å². The van der Waals surface area contributed by atoms with Gasteiger partial charge in [-0.1, -0.05) is 0 Å². The van der Waals surface area contributed by atoms with Crippen molar-refractivity contribution in [3.05, 3.63) is 33.9 Å². The van der Waals surface area contributed by atoms with Gasteiger partial charge in [-0.2, -0.15) is 0 Å². The average molecular weight is 308 g/mol. The number of nitrogens with one attached hydrogen (secondary N) is 1. The van der Waals surface area contributed by atoms with Crippen molar-refractivity contribution in [3.8, 4) is 5.75 Å². The van der Waals surface area contributed by atoms with Crippen LogP contribution >= 0.6 is 0 Å². The van der Waals surface area contributed by atoms with Crippen LogP contribution in [0.1, 0.15) is 17.3 Å². The van der Waals surface area contributed by atoms with Crippen molar-refractivity contribution in [2.75, 3.05) is 39.8 Å². The summed E-state index contributed by atoms with van der Waals surface area (Å²) in [6.45, 7) is 5.25. The summed E-state index contributed by atoms with van der Waals surface area (Å²) in [6, 6.07) is 4.24. The molecular weight excluding hydrogens is 288 g/mol. The Morgan fingerprint density at radius 3 is 2.64 bits per heavy atom. The summed E-state index contributed by atoms with van der Waals surface area (Å²) >= 11 is 0. The molecule has 0 atom stereocenters. The number of hydrazine groups is 1. The number of carbonyl (C=O) groups excluding carboxylic acids is 1. The topological polar surface area (TPSA) is 88.0 Å². The van der Waals surface area contributed by atoms with Crippen LogP contribution in [0.3, 0.4) is 0 Å². The van der Waals surface area contributed by atoms with Crippen LogP contribution < -0.4 is 10.2 Å². The maximum absolute atomic E-state index is 12.2. The molecule has 120 valence electrons. The molecule has 0 saturated carbocycles. The second-order valence-corrected chi connectivity index (χ2v) is 5.10. The number of likely N-dealkylation sites (N-methyl/N-ethyl adjacent to an activating group) is 1. The van der Waals surface area contributed by atoms with Crippen LogP contribution in [0.2, 0.25) is 0 Å². The first-order chi connectivity index (χ1) is 10.5. The second kappa shape index (κ2) is 7.19. The fourth-order valence-electron chi connectivity index (χ4n) is 2.21. The van der Waals surface area contributed by atoms with Gasteiger partial charge in [0.1, 0.15) is 0 Å². The molecule has 0 aliphatic carbocycles. The lowest BCUT2D eigenvalue weighted by Crippen LogP contribution is -2.52. The van der Waals surface area contributed by atoms with E-state index in [2.05, 4.69) is 10.3 Å². The molecule has 1 aliphatic heterocycles. The van der Waals surface area contributed by atoms with E-state index in [9.17, 15) is 14.9 Å². The summed E-state index contributed by atoms with van der Waals surface area (Å²) in [5.74, 6) is -0.181. The number of nitro benzene ring substituents is 1. The second-order valence-electron chi connectivity index (χ2n) is 5.10. The van der Waals surface area contributed by atoms with Crippen molar-refractivity contribution in [1.29, 1.82) is 0 Å². The first-order valence-electron chi connectivity index (χ1n) is 7.17. The zero-order valence-electron chi connectivity index (χ0n) is 12.7. The molecule has 8 heteroatoms. The van der Waals surface area contributed by atoms with Gasteiger partial charge in [0.05, 0.1) is 11.5 Å². The van der Waals surface area contributed by atoms with Crippen LogP contribution in [0.15, 0.2) is 18.2 Å². The predicted molar refractivity (Wildman–Crippen MR) is 80.8 cm³/mol. The van der Waals surface area contributed by atoms with Gasteiger partial charge in [0.15, 0.2) is 5.75 Å². The van der Waals surface area contributed by atoms with Crippen molar-refractivity contribution in [3.63, 3.8) is 0 Å². The van der Waals surface area contributed by atoms with E-state index in [4.69, 9.17) is 4.74 Å². The highest BCUT2D eigenvalue weighted by Crippen LogP contribution is 2.27. The van der Waals surface area contributed by atoms with Gasteiger partial charge < -0.3 is 9.64 Å². The summed E-state index contributed by atoms with van der Waals surface area (Å²) in [5, 5.41) is 12.9. The van der Waals surface area contributed by atoms with E-state index in [0.717, 1.165) is 26.2 Å². The van der Waals surface area contributed by atoms with E-state index >= 15 is 0 Å². The lowest BCUT2D eigenvalue weighted by atomic mass is 10.2. The minimum atomic E-state index is -0.544. The number of nitrogens with zero attached hydrogens (tertiary/aromatic N) is 3. The Bertz CT molecular complexity index is 556. The molecular formula is C14H20N4O4. The Kier molecular flexibility index (Phi) is 5.29. The standard InChI is InChI=1S/C14H20N4O4/c1-3-22-13-5-4-11(10-12(13)18(20)21)14(19)15-17-8-6-16(2)7-9-17/h4-5,10H,3,6-9H2,1-2H3,(H,15,19). The third kappa shape index (κ3) is 3.92. The molecule has 0 spiro atoms. The lowest BCUT2D eigenvalue weighted by molar-refractivity contribution is -0.385. The van der Waals surface area contributed by atoms with E-state index in [1.165, 1.54) is 18.2 Å². The molecule has 1 heterocycles. The van der Waals surface area contributed by atoms with E-state index in [-0.39, 0.29) is 22.9 Å². The fraction of sp³-hybridized carbons (Fsp3) is 0.500. The van der Waals surface area contributed by atoms with Crippen molar-refractivity contribution < 1.29 is 14.5 Å². The quantitative estimate of drug-likeness (QED) is 0.642. The molecule has 8 nitrogen and oxygen atoms in total. The predicted octanol–water partition coefficient (Wildman–Crippen LogP) is 0.886. The van der Waals surface area contributed by atoms with Crippen LogP contribution in [0, 0.1) is 10.1 Å². The van der Waals surface area contributed by atoms with Crippen LogP contribution in [0.25, 0.3) is 0 Å². The first kappa shape index (κ1) is 16.2. The molecule has 1 fully saturated rings. The maximum Gasteiger partial charge on any atom is 0.311 e. The smallest absolute Gasteiger partial charge is 0.311 e. The maximum atomic E-state index is 12.2. The monoisotopic (exact) mass is 308 g/mol. The van der Waals surface area contributed by atoms with Gasteiger partial charge in [-0.15, -0.1) is 0 Å². The number of rotatable bonds is 5. The summed E-state index contributed by atoms with van der Waals surface area (Å²) in [5.41, 5.74) is 2.82. The van der Waals surface area contributed by atoms with Crippen molar-refractivity contribution >= 4 is 11.6 Å². The molecule has 1 amide bonds. The SMILES string of the molecule is CCOc1ccc(C(=O)NN2CCN(C)CC2)cc1[N+](=O)[O-]. The largest absolute Gasteiger partial charge is 0.487 e. The minimum absolute atomic E-state index is 0.170. The zero-order valence-corrected chi connectivity index (χ0v) is 12.7. The number of carbonyl (C=O) groups is 1. The Hall–Kier alpha value is -2.19. The summed E-state index contributed by atoms with van der Waals surface area (Å²) in [4.78, 5) is 24.9. The number of hydrogen-bond acceptors (Lipinski definition) is 6. The summed E-state index contributed by atoms with van der Waals surface area (Å²) < 4.78 is 5.21. The van der Waals surface area contributed by atoms with Gasteiger partial charge in [-0.05, 0) is 26.1 Å². The molecule has 0 unspecified atom stereocenters. The molecule has 0 aromatic heterocycles. The van der Waals surface area contributed by atoms with Crippen molar-refractivity contribution in [1.82, 2.24) is 15.3 Å². The van der Waals surface area contributed by atoms with Crippen LogP contribution in [-0.2, 0) is 0 Å². The number of hydrogen-bond donors (Lipinski definition) is 1. The van der Waals surface area contributed by atoms with Crippen molar-refractivity contribution in [2.45, 2.75) is 6.92 Å². The molecule has 1 aromatic rings. The third-order valence-electron chi connectivity index (χ3n) is 3.48. The highest BCUT2D eigenvalue weighted by molar-refractivity contribution is 5.94. The number of nitro groups is 1. The van der Waals surface area contributed by atoms with Crippen LogP contribution in [0.5, 0.6) is 5.75 Å². The van der Waals surface area contributed by atoms with Crippen LogP contribution in [-0.4, -0.2) is 60.6 Å². The van der Waals surface area contributed by atoms with Gasteiger partial charge in [0.25, 0.3) is 5.91 Å². The number of benzene rings is 1. The van der Waals surface area contributed by atoms with E-state index in [0.29, 0.717) is 6.61 Å². The zero-order chi connectivity index (χ0) is 16.1. The van der Waals surface area contributed by atoms with Crippen LogP contribution in [0.4, 0.5) is 5.69 Å². The molecule has 1 aliphatic rings. The Morgan fingerprint density at radius 1 is 1.36 bits per heavy atom. The third-order valence-corrected chi connectivity index (χ3v) is 3.48.